The fourth-order valence-corrected chi connectivity index (χ4v) is 7.33. The Labute approximate surface area is 234 Å². The molecule has 1 saturated carbocycles. The number of carboxylic acids is 1. The van der Waals surface area contributed by atoms with E-state index in [1.807, 2.05) is 0 Å². The molecule has 2 atom stereocenters. The predicted molar refractivity (Wildman–Crippen MR) is 149 cm³/mol. The molecule has 2 heterocycles. The van der Waals surface area contributed by atoms with Gasteiger partial charge in [-0.1, -0.05) is 37.8 Å². The van der Waals surface area contributed by atoms with Crippen LogP contribution in [0.3, 0.4) is 0 Å². The zero-order valence-corrected chi connectivity index (χ0v) is 24.1. The lowest BCUT2D eigenvalue weighted by atomic mass is 9.94. The van der Waals surface area contributed by atoms with Crippen LogP contribution < -0.4 is 10.6 Å². The monoisotopic (exact) mass is 578 g/mol. The lowest BCUT2D eigenvalue weighted by molar-refractivity contribution is -0.154. The van der Waals surface area contributed by atoms with Gasteiger partial charge in [-0.15, -0.1) is 11.3 Å². The number of carbonyl (C=O) groups excluding carboxylic acids is 1. The number of carboxylic acid groups (broad SMARTS) is 1. The lowest BCUT2D eigenvalue weighted by Crippen LogP contribution is -2.40. The lowest BCUT2D eigenvalue weighted by Gasteiger charge is -2.28. The van der Waals surface area contributed by atoms with Crippen LogP contribution >= 0.6 is 11.3 Å². The topological polar surface area (TPSA) is 138 Å². The highest BCUT2D eigenvalue weighted by molar-refractivity contribution is 7.89. The second-order valence-corrected chi connectivity index (χ2v) is 13.2. The number of amides is 1. The van der Waals surface area contributed by atoms with Crippen LogP contribution in [0.5, 0.6) is 0 Å². The van der Waals surface area contributed by atoms with Crippen molar-refractivity contribution in [3.63, 3.8) is 0 Å². The number of hydrogen-bond donors (Lipinski definition) is 3. The number of hydrogen-bond acceptors (Lipinski definition) is 8. The van der Waals surface area contributed by atoms with Gasteiger partial charge in [0.2, 0.25) is 15.9 Å². The van der Waals surface area contributed by atoms with Crippen molar-refractivity contribution in [2.24, 2.45) is 0 Å². The number of nitrogens with one attached hydrogen (secondary N) is 2. The summed E-state index contributed by atoms with van der Waals surface area (Å²) in [7, 11) is -3.58. The van der Waals surface area contributed by atoms with E-state index in [4.69, 9.17) is 4.74 Å². The minimum Gasteiger partial charge on any atom is -0.479 e. The highest BCUT2D eigenvalue weighted by Gasteiger charge is 2.30. The predicted octanol–water partition coefficient (Wildman–Crippen LogP) is 4.47. The van der Waals surface area contributed by atoms with Crippen molar-refractivity contribution in [1.82, 2.24) is 14.6 Å². The van der Waals surface area contributed by atoms with Gasteiger partial charge in [-0.05, 0) is 57.2 Å². The van der Waals surface area contributed by atoms with E-state index >= 15 is 0 Å². The smallest absolute Gasteiger partial charge is 0.339 e. The summed E-state index contributed by atoms with van der Waals surface area (Å²) in [5, 5.41) is 17.7. The molecule has 10 nitrogen and oxygen atoms in total. The number of ether oxygens (including phenoxy) is 1. The Morgan fingerprint density at radius 1 is 1.05 bits per heavy atom. The number of rotatable bonds is 11. The average Bonchev–Trinajstić information content (AvgIpc) is 3.39. The molecule has 1 aliphatic heterocycles. The first-order valence-corrected chi connectivity index (χ1v) is 16.0. The molecule has 2 aliphatic rings. The van der Waals surface area contributed by atoms with Gasteiger partial charge in [0.15, 0.2) is 11.2 Å². The first-order valence-electron chi connectivity index (χ1n) is 13.7. The summed E-state index contributed by atoms with van der Waals surface area (Å²) in [5.74, 6) is -1.49. The minimum atomic E-state index is -3.58. The molecular weight excluding hydrogens is 540 g/mol. The van der Waals surface area contributed by atoms with Gasteiger partial charge in [0.05, 0.1) is 16.7 Å². The van der Waals surface area contributed by atoms with Gasteiger partial charge in [0, 0.05) is 24.5 Å². The van der Waals surface area contributed by atoms with E-state index in [9.17, 15) is 23.1 Å². The van der Waals surface area contributed by atoms with Gasteiger partial charge >= 0.3 is 5.97 Å². The fourth-order valence-electron chi connectivity index (χ4n) is 5.08. The molecule has 2 aromatic rings. The number of thiazole rings is 1. The second-order valence-electron chi connectivity index (χ2n) is 10.4. The molecule has 12 heteroatoms. The second kappa shape index (κ2) is 13.3. The number of sulfonamides is 1. The van der Waals surface area contributed by atoms with Crippen LogP contribution in [0.1, 0.15) is 88.6 Å². The molecule has 0 bridgehead atoms. The maximum atomic E-state index is 13.5. The summed E-state index contributed by atoms with van der Waals surface area (Å²) in [6.07, 6.45) is 6.48. The average molecular weight is 579 g/mol. The van der Waals surface area contributed by atoms with E-state index in [0.717, 1.165) is 56.3 Å². The van der Waals surface area contributed by atoms with Gasteiger partial charge in [-0.2, -0.15) is 4.31 Å². The number of nitrogens with zero attached hydrogens (tertiary/aromatic N) is 2. The molecule has 1 aliphatic carbocycles. The zero-order valence-electron chi connectivity index (χ0n) is 22.5. The summed E-state index contributed by atoms with van der Waals surface area (Å²) < 4.78 is 33.2. The van der Waals surface area contributed by atoms with Crippen LogP contribution in [0.15, 0.2) is 34.5 Å². The molecule has 1 saturated heterocycles. The number of piperidine rings is 1. The molecule has 3 N–H and O–H groups in total. The van der Waals surface area contributed by atoms with Gasteiger partial charge in [0.1, 0.15) is 6.04 Å². The molecule has 0 spiro atoms. The van der Waals surface area contributed by atoms with E-state index in [0.29, 0.717) is 18.7 Å². The number of benzene rings is 1. The Hall–Kier alpha value is -2.38. The quantitative estimate of drug-likeness (QED) is 0.355. The number of carbonyl (C=O) groups is 2. The molecule has 214 valence electrons. The van der Waals surface area contributed by atoms with Crippen molar-refractivity contribution < 1.29 is 27.9 Å². The standard InChI is InChI=1S/C27H38N4O6S2/c1-18(2)37-24(26(33)34)22-17-38-27(29-22)30-25(32)23(28-20-9-5-3-6-10-20)19-11-13-21(14-12-19)39(35,36)31-15-7-4-8-16-31/h11-14,17-18,20,23-24,28H,3-10,15-16H2,1-2H3,(H,33,34)(H,29,30,32). The normalized spacial score (nSPS) is 19.1. The van der Waals surface area contributed by atoms with E-state index in [1.54, 1.807) is 43.5 Å². The first kappa shape index (κ1) is 29.6. The van der Waals surface area contributed by atoms with Crippen molar-refractivity contribution in [2.75, 3.05) is 18.4 Å². The van der Waals surface area contributed by atoms with Crippen molar-refractivity contribution in [3.05, 3.63) is 40.9 Å². The van der Waals surface area contributed by atoms with Crippen LogP contribution in [-0.4, -0.2) is 59.9 Å². The van der Waals surface area contributed by atoms with Crippen molar-refractivity contribution >= 4 is 38.4 Å². The first-order chi connectivity index (χ1) is 18.6. The Balaban J connectivity index is 1.53. The van der Waals surface area contributed by atoms with Gasteiger partial charge in [0.25, 0.3) is 0 Å². The van der Waals surface area contributed by atoms with Crippen molar-refractivity contribution in [1.29, 1.82) is 0 Å². The maximum absolute atomic E-state index is 13.5. The summed E-state index contributed by atoms with van der Waals surface area (Å²) in [6.45, 7) is 4.54. The third kappa shape index (κ3) is 7.63. The van der Waals surface area contributed by atoms with Crippen LogP contribution in [0, 0.1) is 0 Å². The maximum Gasteiger partial charge on any atom is 0.339 e. The van der Waals surface area contributed by atoms with E-state index in [2.05, 4.69) is 15.6 Å². The van der Waals surface area contributed by atoms with Crippen molar-refractivity contribution in [3.8, 4) is 0 Å². The zero-order chi connectivity index (χ0) is 28.0. The molecular formula is C27H38N4O6S2. The fraction of sp³-hybridized carbons (Fsp3) is 0.593. The summed E-state index contributed by atoms with van der Waals surface area (Å²) in [4.78, 5) is 29.7. The highest BCUT2D eigenvalue weighted by atomic mass is 32.2. The minimum absolute atomic E-state index is 0.161. The van der Waals surface area contributed by atoms with Crippen LogP contribution in [0.2, 0.25) is 0 Å². The SMILES string of the molecule is CC(C)OC(C(=O)O)c1csc(NC(=O)C(NC2CCCCC2)c2ccc(S(=O)(=O)N3CCCCC3)cc2)n1. The van der Waals surface area contributed by atoms with Crippen molar-refractivity contribution in [2.45, 2.75) is 94.4 Å². The Morgan fingerprint density at radius 3 is 2.31 bits per heavy atom. The molecule has 2 fully saturated rings. The van der Waals surface area contributed by atoms with E-state index in [1.165, 1.54) is 10.7 Å². The Bertz CT molecular complexity index is 1220. The van der Waals surface area contributed by atoms with Gasteiger partial charge in [-0.3, -0.25) is 10.1 Å². The summed E-state index contributed by atoms with van der Waals surface area (Å²) in [6, 6.07) is 5.97. The molecule has 2 unspecified atom stereocenters. The molecule has 1 aromatic heterocycles. The molecule has 39 heavy (non-hydrogen) atoms. The molecule has 1 amide bonds. The van der Waals surface area contributed by atoms with Crippen LogP contribution in [0.25, 0.3) is 0 Å². The third-order valence-corrected chi connectivity index (χ3v) is 9.78. The third-order valence-electron chi connectivity index (χ3n) is 7.09. The van der Waals surface area contributed by atoms with Gasteiger partial charge < -0.3 is 15.2 Å². The van der Waals surface area contributed by atoms with Crippen LogP contribution in [0.4, 0.5) is 5.13 Å². The number of anilines is 1. The highest BCUT2D eigenvalue weighted by Crippen LogP contribution is 2.28. The number of aliphatic carboxylic acids is 1. The van der Waals surface area contributed by atoms with Crippen LogP contribution in [-0.2, 0) is 24.3 Å². The van der Waals surface area contributed by atoms with E-state index < -0.39 is 28.1 Å². The largest absolute Gasteiger partial charge is 0.479 e. The van der Waals surface area contributed by atoms with E-state index in [-0.39, 0.29) is 33.8 Å². The van der Waals surface area contributed by atoms with Gasteiger partial charge in [-0.25, -0.2) is 18.2 Å². The Kier molecular flexibility index (Phi) is 10.1. The summed E-state index contributed by atoms with van der Waals surface area (Å²) in [5.41, 5.74) is 0.875. The summed E-state index contributed by atoms with van der Waals surface area (Å²) >= 11 is 1.13. The molecule has 4 rings (SSSR count). The molecule has 0 radical (unpaired) electrons. The number of aromatic nitrogens is 1. The Morgan fingerprint density at radius 2 is 1.69 bits per heavy atom. The molecule has 1 aromatic carbocycles.